The van der Waals surface area contributed by atoms with Crippen LogP contribution in [0.2, 0.25) is 0 Å². The number of aryl methyl sites for hydroxylation is 2. The van der Waals surface area contributed by atoms with Crippen LogP contribution in [-0.2, 0) is 22.4 Å². The summed E-state index contributed by atoms with van der Waals surface area (Å²) in [7, 11) is 0. The van der Waals surface area contributed by atoms with Crippen molar-refractivity contribution in [1.29, 1.82) is 0 Å². The van der Waals surface area contributed by atoms with Crippen LogP contribution in [0.5, 0.6) is 0 Å². The minimum absolute atomic E-state index is 0. The van der Waals surface area contributed by atoms with Crippen LogP contribution in [-0.4, -0.2) is 54.5 Å². The second kappa shape index (κ2) is 10.2. The fourth-order valence-corrected chi connectivity index (χ4v) is 3.19. The van der Waals surface area contributed by atoms with Gasteiger partial charge in [0.1, 0.15) is 11.7 Å². The molecule has 1 atom stereocenters. The minimum Gasteiger partial charge on any atom is -0.481 e. The fourth-order valence-electron chi connectivity index (χ4n) is 3.19. The van der Waals surface area contributed by atoms with E-state index in [2.05, 4.69) is 20.3 Å². The molecule has 2 heterocycles. The molecular formula is C20H23N5O7. The van der Waals surface area contributed by atoms with E-state index in [1.165, 1.54) is 0 Å². The number of nitrogens with zero attached hydrogens (tertiary/aromatic N) is 1. The number of hydrogen-bond acceptors (Lipinski definition) is 6. The molecule has 0 aliphatic heterocycles. The lowest BCUT2D eigenvalue weighted by Crippen LogP contribution is -2.41. The van der Waals surface area contributed by atoms with Crippen molar-refractivity contribution in [3.63, 3.8) is 0 Å². The van der Waals surface area contributed by atoms with Crippen molar-refractivity contribution in [3.05, 3.63) is 57.5 Å². The van der Waals surface area contributed by atoms with E-state index in [9.17, 15) is 19.2 Å². The minimum atomic E-state index is -1.30. The standard InChI is InChI=1S/C20H21N5O6.H2O/c21-20-24-16-15(18(29)25-20)12(9-22-16)6-3-10-1-4-11(5-2-10)17(28)23-13(19(30)31)7-8-14(26)27;/h1-2,4-5,9,13H,3,6-8H2,(H,23,28)(H,26,27)(H,30,31)(H4,21,22,24,25,29);1H2. The molecule has 12 nitrogen and oxygen atoms in total. The summed E-state index contributed by atoms with van der Waals surface area (Å²) in [5, 5.41) is 20.6. The normalized spacial score (nSPS) is 11.5. The second-order valence-electron chi connectivity index (χ2n) is 6.98. The molecule has 0 bridgehead atoms. The van der Waals surface area contributed by atoms with Crippen molar-refractivity contribution in [3.8, 4) is 0 Å². The number of amides is 1. The van der Waals surface area contributed by atoms with Crippen LogP contribution in [0.3, 0.4) is 0 Å². The number of nitrogen functional groups attached to an aromatic ring is 1. The second-order valence-corrected chi connectivity index (χ2v) is 6.98. The predicted molar refractivity (Wildman–Crippen MR) is 114 cm³/mol. The molecule has 0 aliphatic rings. The quantitative estimate of drug-likeness (QED) is 0.259. The number of hydrogen-bond donors (Lipinski definition) is 6. The highest BCUT2D eigenvalue weighted by Gasteiger charge is 2.21. The highest BCUT2D eigenvalue weighted by Crippen LogP contribution is 2.16. The third-order valence-electron chi connectivity index (χ3n) is 4.79. The molecule has 1 unspecified atom stereocenters. The lowest BCUT2D eigenvalue weighted by molar-refractivity contribution is -0.140. The van der Waals surface area contributed by atoms with Gasteiger partial charge in [0, 0.05) is 18.2 Å². The first kappa shape index (κ1) is 24.1. The van der Waals surface area contributed by atoms with Crippen molar-refractivity contribution in [2.24, 2.45) is 0 Å². The van der Waals surface area contributed by atoms with E-state index < -0.39 is 23.9 Å². The number of carbonyl (C=O) groups is 3. The number of H-pyrrole nitrogens is 2. The zero-order valence-corrected chi connectivity index (χ0v) is 16.8. The van der Waals surface area contributed by atoms with Crippen molar-refractivity contribution in [2.75, 3.05) is 5.73 Å². The highest BCUT2D eigenvalue weighted by molar-refractivity contribution is 5.96. The molecule has 32 heavy (non-hydrogen) atoms. The molecule has 170 valence electrons. The van der Waals surface area contributed by atoms with Crippen molar-refractivity contribution in [2.45, 2.75) is 31.7 Å². The Balaban J connectivity index is 0.00000363. The van der Waals surface area contributed by atoms with Gasteiger partial charge in [-0.3, -0.25) is 19.4 Å². The molecule has 0 radical (unpaired) electrons. The maximum atomic E-state index is 12.3. The molecule has 0 saturated carbocycles. The zero-order valence-electron chi connectivity index (χ0n) is 16.8. The van der Waals surface area contributed by atoms with Crippen molar-refractivity contribution in [1.82, 2.24) is 20.3 Å². The summed E-state index contributed by atoms with van der Waals surface area (Å²) < 4.78 is 0. The Labute approximate surface area is 180 Å². The van der Waals surface area contributed by atoms with E-state index in [0.717, 1.165) is 11.1 Å². The van der Waals surface area contributed by atoms with Gasteiger partial charge in [-0.05, 0) is 42.5 Å². The lowest BCUT2D eigenvalue weighted by atomic mass is 10.0. The highest BCUT2D eigenvalue weighted by atomic mass is 16.4. The molecule has 1 aromatic carbocycles. The van der Waals surface area contributed by atoms with Crippen molar-refractivity contribution < 1.29 is 30.1 Å². The van der Waals surface area contributed by atoms with Crippen LogP contribution in [0.1, 0.15) is 34.3 Å². The van der Waals surface area contributed by atoms with Crippen LogP contribution in [0, 0.1) is 0 Å². The van der Waals surface area contributed by atoms with E-state index in [-0.39, 0.29) is 35.4 Å². The monoisotopic (exact) mass is 445 g/mol. The number of anilines is 1. The first-order valence-electron chi connectivity index (χ1n) is 9.44. The Morgan fingerprint density at radius 2 is 1.81 bits per heavy atom. The largest absolute Gasteiger partial charge is 0.481 e. The van der Waals surface area contributed by atoms with E-state index in [1.807, 2.05) is 0 Å². The van der Waals surface area contributed by atoms with Gasteiger partial charge in [0.25, 0.3) is 11.5 Å². The first-order valence-corrected chi connectivity index (χ1v) is 9.44. The fraction of sp³-hybridized carbons (Fsp3) is 0.250. The summed E-state index contributed by atoms with van der Waals surface area (Å²) in [5.41, 5.74) is 7.59. The Kier molecular flexibility index (Phi) is 7.69. The topological polar surface area (TPSA) is 223 Å². The van der Waals surface area contributed by atoms with Gasteiger partial charge in [-0.25, -0.2) is 4.79 Å². The van der Waals surface area contributed by atoms with Gasteiger partial charge in [0.05, 0.1) is 5.39 Å². The van der Waals surface area contributed by atoms with Gasteiger partial charge in [0.2, 0.25) is 5.95 Å². The molecule has 12 heteroatoms. The van der Waals surface area contributed by atoms with Crippen LogP contribution >= 0.6 is 0 Å². The summed E-state index contributed by atoms with van der Waals surface area (Å²) in [4.78, 5) is 55.7. The van der Waals surface area contributed by atoms with Gasteiger partial charge < -0.3 is 31.7 Å². The molecule has 3 aromatic rings. The Morgan fingerprint density at radius 1 is 1.12 bits per heavy atom. The van der Waals surface area contributed by atoms with Crippen LogP contribution in [0.25, 0.3) is 11.0 Å². The molecule has 0 aliphatic carbocycles. The summed E-state index contributed by atoms with van der Waals surface area (Å²) in [5.74, 6) is -3.00. The molecular weight excluding hydrogens is 422 g/mol. The van der Waals surface area contributed by atoms with Gasteiger partial charge in [-0.15, -0.1) is 0 Å². The van der Waals surface area contributed by atoms with Crippen LogP contribution < -0.4 is 16.6 Å². The van der Waals surface area contributed by atoms with E-state index >= 15 is 0 Å². The number of fused-ring (bicyclic) bond motifs is 1. The van der Waals surface area contributed by atoms with E-state index in [1.54, 1.807) is 30.5 Å². The summed E-state index contributed by atoms with van der Waals surface area (Å²) in [6.07, 6.45) is 2.27. The molecule has 2 aromatic heterocycles. The Morgan fingerprint density at radius 3 is 2.44 bits per heavy atom. The maximum Gasteiger partial charge on any atom is 0.326 e. The third-order valence-corrected chi connectivity index (χ3v) is 4.79. The van der Waals surface area contributed by atoms with Gasteiger partial charge >= 0.3 is 11.9 Å². The Hall–Kier alpha value is -4.19. The number of aromatic nitrogens is 3. The van der Waals surface area contributed by atoms with E-state index in [4.69, 9.17) is 15.9 Å². The van der Waals surface area contributed by atoms with Crippen molar-refractivity contribution >= 4 is 34.8 Å². The summed E-state index contributed by atoms with van der Waals surface area (Å²) in [6.45, 7) is 0. The van der Waals surface area contributed by atoms with E-state index in [0.29, 0.717) is 23.9 Å². The van der Waals surface area contributed by atoms with Crippen LogP contribution in [0.4, 0.5) is 5.95 Å². The first-order chi connectivity index (χ1) is 14.7. The molecule has 0 fully saturated rings. The Bertz CT molecular complexity index is 1180. The number of rotatable bonds is 9. The number of aliphatic carboxylic acids is 2. The number of nitrogens with one attached hydrogen (secondary N) is 3. The number of carbonyl (C=O) groups excluding carboxylic acids is 1. The molecule has 0 spiro atoms. The van der Waals surface area contributed by atoms with Gasteiger partial charge in [0.15, 0.2) is 0 Å². The number of carboxylic acids is 2. The molecule has 3 rings (SSSR count). The summed E-state index contributed by atoms with van der Waals surface area (Å²) in [6, 6.07) is 5.30. The molecule has 0 saturated heterocycles. The average Bonchev–Trinajstić information content (AvgIpc) is 3.12. The van der Waals surface area contributed by atoms with Gasteiger partial charge in [-0.2, -0.15) is 4.98 Å². The maximum absolute atomic E-state index is 12.3. The lowest BCUT2D eigenvalue weighted by Gasteiger charge is -2.13. The molecule has 1 amide bonds. The summed E-state index contributed by atoms with van der Waals surface area (Å²) >= 11 is 0. The number of nitrogens with two attached hydrogens (primary N) is 1. The smallest absolute Gasteiger partial charge is 0.326 e. The van der Waals surface area contributed by atoms with Gasteiger partial charge in [-0.1, -0.05) is 12.1 Å². The number of benzene rings is 1. The third kappa shape index (κ3) is 5.70. The van der Waals surface area contributed by atoms with Crippen LogP contribution in [0.15, 0.2) is 35.3 Å². The zero-order chi connectivity index (χ0) is 22.5. The number of carboxylic acid groups (broad SMARTS) is 2. The average molecular weight is 445 g/mol. The number of aromatic amines is 2. The molecule has 9 N–H and O–H groups in total. The SMILES string of the molecule is Nc1nc2[nH]cc(CCc3ccc(C(=O)NC(CCC(=O)O)C(=O)O)cc3)c2c(=O)[nH]1.O. The predicted octanol–water partition coefficient (Wildman–Crippen LogP) is -0.158.